The number of hydrogen-bond acceptors (Lipinski definition) is 4. The Labute approximate surface area is 171 Å². The zero-order valence-electron chi connectivity index (χ0n) is 16.8. The highest BCUT2D eigenvalue weighted by Gasteiger charge is 2.18. The molecule has 3 rings (SSSR count). The van der Waals surface area contributed by atoms with E-state index in [0.29, 0.717) is 16.9 Å². The Balaban J connectivity index is 1.98. The molecule has 1 heterocycles. The molecule has 0 radical (unpaired) electrons. The second-order valence-electron chi connectivity index (χ2n) is 7.05. The molecule has 150 valence electrons. The molecule has 0 spiro atoms. The third-order valence-electron chi connectivity index (χ3n) is 4.51. The first-order valence-electron chi connectivity index (χ1n) is 9.09. The predicted octanol–water partition coefficient (Wildman–Crippen LogP) is 4.43. The lowest BCUT2D eigenvalue weighted by Crippen LogP contribution is -2.15. The van der Waals surface area contributed by atoms with Gasteiger partial charge in [0.15, 0.2) is 0 Å². The Morgan fingerprint density at radius 1 is 0.897 bits per heavy atom. The van der Waals surface area contributed by atoms with E-state index in [1.807, 2.05) is 32.0 Å². The molecule has 0 fully saturated rings. The Morgan fingerprint density at radius 2 is 1.62 bits per heavy atom. The molecule has 1 aromatic heterocycles. The third kappa shape index (κ3) is 4.81. The lowest BCUT2D eigenvalue weighted by molar-refractivity contribution is -0.114. The molecule has 0 bridgehead atoms. The molecule has 29 heavy (non-hydrogen) atoms. The van der Waals surface area contributed by atoms with E-state index in [4.69, 9.17) is 0 Å². The van der Waals surface area contributed by atoms with E-state index in [9.17, 15) is 13.2 Å². The predicted molar refractivity (Wildman–Crippen MR) is 115 cm³/mol. The van der Waals surface area contributed by atoms with Crippen LogP contribution >= 0.6 is 0 Å². The van der Waals surface area contributed by atoms with Crippen LogP contribution in [0.15, 0.2) is 59.8 Å². The first-order chi connectivity index (χ1) is 13.7. The number of sulfonamides is 1. The maximum atomic E-state index is 13.0. The van der Waals surface area contributed by atoms with E-state index in [1.54, 1.807) is 43.6 Å². The van der Waals surface area contributed by atoms with E-state index in [1.165, 1.54) is 6.92 Å². The number of carbonyl (C=O) groups excluding carboxylic acids is 1. The Hall–Kier alpha value is -3.19. The highest BCUT2D eigenvalue weighted by Crippen LogP contribution is 2.29. The summed E-state index contributed by atoms with van der Waals surface area (Å²) in [5.74, 6) is -0.185. The molecule has 7 heteroatoms. The van der Waals surface area contributed by atoms with Gasteiger partial charge in [0.2, 0.25) is 5.91 Å². The van der Waals surface area contributed by atoms with E-state index in [2.05, 4.69) is 15.0 Å². The van der Waals surface area contributed by atoms with Crippen molar-refractivity contribution in [2.75, 3.05) is 10.0 Å². The van der Waals surface area contributed by atoms with Gasteiger partial charge in [-0.1, -0.05) is 24.3 Å². The lowest BCUT2D eigenvalue weighted by Gasteiger charge is -2.14. The zero-order chi connectivity index (χ0) is 21.2. The number of carbonyl (C=O) groups is 1. The number of pyridine rings is 1. The second-order valence-corrected chi connectivity index (χ2v) is 8.70. The fourth-order valence-corrected chi connectivity index (χ4v) is 4.43. The summed E-state index contributed by atoms with van der Waals surface area (Å²) >= 11 is 0. The molecule has 0 aliphatic heterocycles. The van der Waals surface area contributed by atoms with Crippen LogP contribution in [0.4, 0.5) is 11.4 Å². The number of nitrogens with one attached hydrogen (secondary N) is 2. The summed E-state index contributed by atoms with van der Waals surface area (Å²) in [6.45, 7) is 6.91. The van der Waals surface area contributed by atoms with Gasteiger partial charge in [0.25, 0.3) is 10.0 Å². The highest BCUT2D eigenvalue weighted by atomic mass is 32.2. The number of aryl methyl sites for hydroxylation is 3. The summed E-state index contributed by atoms with van der Waals surface area (Å²) in [5, 5.41) is 2.70. The van der Waals surface area contributed by atoms with Crippen LogP contribution in [0.1, 0.15) is 23.6 Å². The molecule has 3 aromatic rings. The molecule has 1 amide bonds. The molecule has 0 saturated carbocycles. The minimum Gasteiger partial charge on any atom is -0.325 e. The Kier molecular flexibility index (Phi) is 5.70. The highest BCUT2D eigenvalue weighted by molar-refractivity contribution is 7.92. The standard InChI is InChI=1S/C22H23N3O3S/c1-14-5-6-16(3)22(9-14)29(27,28)25-21-11-18(8-7-15(21)2)19-10-20(13-23-12-19)24-17(4)26/h5-13,25H,1-4H3,(H,24,26). The number of hydrogen-bond donors (Lipinski definition) is 2. The Bertz CT molecular complexity index is 1190. The summed E-state index contributed by atoms with van der Waals surface area (Å²) in [6, 6.07) is 12.6. The largest absolute Gasteiger partial charge is 0.325 e. The van der Waals surface area contributed by atoms with Crippen molar-refractivity contribution in [2.45, 2.75) is 32.6 Å². The van der Waals surface area contributed by atoms with Crippen molar-refractivity contribution in [3.8, 4) is 11.1 Å². The second kappa shape index (κ2) is 8.05. The quantitative estimate of drug-likeness (QED) is 0.652. The summed E-state index contributed by atoms with van der Waals surface area (Å²) in [6.07, 6.45) is 3.22. The number of benzene rings is 2. The van der Waals surface area contributed by atoms with Gasteiger partial charge in [-0.3, -0.25) is 14.5 Å². The number of amides is 1. The van der Waals surface area contributed by atoms with E-state index >= 15 is 0 Å². The molecule has 2 N–H and O–H groups in total. The molecule has 0 aliphatic carbocycles. The topological polar surface area (TPSA) is 88.2 Å². The Morgan fingerprint density at radius 3 is 2.34 bits per heavy atom. The summed E-state index contributed by atoms with van der Waals surface area (Å²) in [4.78, 5) is 15.7. The van der Waals surface area contributed by atoms with Crippen molar-refractivity contribution in [3.05, 3.63) is 71.5 Å². The van der Waals surface area contributed by atoms with Crippen LogP contribution in [0, 0.1) is 20.8 Å². The van der Waals surface area contributed by atoms with Crippen LogP contribution in [0.3, 0.4) is 0 Å². The smallest absolute Gasteiger partial charge is 0.262 e. The maximum absolute atomic E-state index is 13.0. The molecule has 0 unspecified atom stereocenters. The molecule has 6 nitrogen and oxygen atoms in total. The van der Waals surface area contributed by atoms with Gasteiger partial charge < -0.3 is 5.32 Å². The van der Waals surface area contributed by atoms with Gasteiger partial charge in [-0.25, -0.2) is 8.42 Å². The normalized spacial score (nSPS) is 11.2. The molecular formula is C22H23N3O3S. The van der Waals surface area contributed by atoms with Crippen molar-refractivity contribution >= 4 is 27.3 Å². The van der Waals surface area contributed by atoms with Gasteiger partial charge in [0.05, 0.1) is 22.5 Å². The monoisotopic (exact) mass is 409 g/mol. The van der Waals surface area contributed by atoms with Gasteiger partial charge in [-0.2, -0.15) is 0 Å². The molecule has 0 saturated heterocycles. The fraction of sp³-hybridized carbons (Fsp3) is 0.182. The van der Waals surface area contributed by atoms with Crippen LogP contribution in [0.25, 0.3) is 11.1 Å². The van der Waals surface area contributed by atoms with Crippen molar-refractivity contribution in [1.82, 2.24) is 4.98 Å². The van der Waals surface area contributed by atoms with Gasteiger partial charge in [-0.15, -0.1) is 0 Å². The van der Waals surface area contributed by atoms with Gasteiger partial charge in [-0.05, 0) is 61.2 Å². The number of anilines is 2. The molecule has 2 aromatic carbocycles. The number of aromatic nitrogens is 1. The minimum absolute atomic E-state index is 0.185. The van der Waals surface area contributed by atoms with E-state index < -0.39 is 10.0 Å². The number of nitrogens with zero attached hydrogens (tertiary/aromatic N) is 1. The average Bonchev–Trinajstić information content (AvgIpc) is 2.65. The van der Waals surface area contributed by atoms with E-state index in [-0.39, 0.29) is 10.8 Å². The van der Waals surface area contributed by atoms with Crippen molar-refractivity contribution in [2.24, 2.45) is 0 Å². The van der Waals surface area contributed by atoms with Crippen molar-refractivity contribution in [3.63, 3.8) is 0 Å². The molecule has 0 aliphatic rings. The summed E-state index contributed by atoms with van der Waals surface area (Å²) < 4.78 is 28.7. The van der Waals surface area contributed by atoms with Crippen molar-refractivity contribution < 1.29 is 13.2 Å². The van der Waals surface area contributed by atoms with Gasteiger partial charge >= 0.3 is 0 Å². The average molecular weight is 410 g/mol. The summed E-state index contributed by atoms with van der Waals surface area (Å²) in [7, 11) is -3.73. The first kappa shape index (κ1) is 20.5. The van der Waals surface area contributed by atoms with Crippen LogP contribution in [-0.2, 0) is 14.8 Å². The SMILES string of the molecule is CC(=O)Nc1cncc(-c2ccc(C)c(NS(=O)(=O)c3cc(C)ccc3C)c2)c1. The summed E-state index contributed by atoms with van der Waals surface area (Å²) in [5.41, 5.74) is 4.99. The van der Waals surface area contributed by atoms with Gasteiger partial charge in [0.1, 0.15) is 0 Å². The van der Waals surface area contributed by atoms with Crippen LogP contribution < -0.4 is 10.0 Å². The minimum atomic E-state index is -3.73. The maximum Gasteiger partial charge on any atom is 0.262 e. The first-order valence-corrected chi connectivity index (χ1v) is 10.6. The van der Waals surface area contributed by atoms with E-state index in [0.717, 1.165) is 22.3 Å². The zero-order valence-corrected chi connectivity index (χ0v) is 17.6. The molecule has 0 atom stereocenters. The fourth-order valence-electron chi connectivity index (χ4n) is 2.98. The molecular weight excluding hydrogens is 386 g/mol. The van der Waals surface area contributed by atoms with Crippen LogP contribution in [0.5, 0.6) is 0 Å². The van der Waals surface area contributed by atoms with Gasteiger partial charge in [0, 0.05) is 18.7 Å². The third-order valence-corrected chi connectivity index (χ3v) is 6.01. The van der Waals surface area contributed by atoms with Crippen LogP contribution in [0.2, 0.25) is 0 Å². The van der Waals surface area contributed by atoms with Crippen LogP contribution in [-0.4, -0.2) is 19.3 Å². The van der Waals surface area contributed by atoms with Crippen molar-refractivity contribution in [1.29, 1.82) is 0 Å². The number of rotatable bonds is 5. The lowest BCUT2D eigenvalue weighted by atomic mass is 10.0.